The number of carboxylic acids is 1. The number of phenolic OH excluding ortho intramolecular Hbond substituents is 1. The van der Waals surface area contributed by atoms with Crippen LogP contribution in [-0.2, 0) is 21.4 Å². The summed E-state index contributed by atoms with van der Waals surface area (Å²) >= 11 is 1.53. The zero-order valence-corrected chi connectivity index (χ0v) is 24.1. The normalized spacial score (nSPS) is 13.4. The zero-order chi connectivity index (χ0) is 25.9. The Morgan fingerprint density at radius 3 is 1.59 bits per heavy atom. The van der Waals surface area contributed by atoms with Crippen LogP contribution < -0.4 is 0 Å². The van der Waals surface area contributed by atoms with Crippen LogP contribution in [0.5, 0.6) is 5.75 Å². The molecule has 196 valence electrons. The Morgan fingerprint density at radius 2 is 1.21 bits per heavy atom. The third-order valence-electron chi connectivity index (χ3n) is 6.51. The van der Waals surface area contributed by atoms with Crippen LogP contribution in [-0.4, -0.2) is 21.4 Å². The van der Waals surface area contributed by atoms with Gasteiger partial charge in [-0.3, -0.25) is 4.79 Å². The van der Waals surface area contributed by atoms with Crippen molar-refractivity contribution in [1.82, 2.24) is 0 Å². The van der Waals surface area contributed by atoms with Crippen molar-refractivity contribution < 1.29 is 15.0 Å². The van der Waals surface area contributed by atoms with Gasteiger partial charge in [0.2, 0.25) is 0 Å². The highest BCUT2D eigenvalue weighted by atomic mass is 32.2. The molecule has 1 atom stereocenters. The lowest BCUT2D eigenvalue weighted by atomic mass is 9.78. The molecule has 0 saturated carbocycles. The molecular weight excluding hydrogens is 440 g/mol. The number of hydrogen-bond donors (Lipinski definition) is 2. The number of aliphatic carboxylic acids is 1. The maximum atomic E-state index is 11.9. The number of phenols is 1. The second kappa shape index (κ2) is 14.4. The second-order valence-electron chi connectivity index (χ2n) is 12.5. The zero-order valence-electron chi connectivity index (χ0n) is 23.3. The van der Waals surface area contributed by atoms with Crippen LogP contribution >= 0.6 is 11.8 Å². The van der Waals surface area contributed by atoms with Crippen molar-refractivity contribution in [2.45, 2.75) is 141 Å². The maximum absolute atomic E-state index is 11.9. The van der Waals surface area contributed by atoms with Gasteiger partial charge in [-0.05, 0) is 39.9 Å². The van der Waals surface area contributed by atoms with Crippen LogP contribution in [0, 0.1) is 5.92 Å². The highest BCUT2D eigenvalue weighted by Gasteiger charge is 2.27. The Labute approximate surface area is 214 Å². The van der Waals surface area contributed by atoms with Gasteiger partial charge < -0.3 is 10.2 Å². The predicted octanol–water partition coefficient (Wildman–Crippen LogP) is 9.23. The average molecular weight is 493 g/mol. The number of rotatable bonds is 15. The van der Waals surface area contributed by atoms with Crippen LogP contribution in [0.15, 0.2) is 12.1 Å². The SMILES string of the molecule is CC(C)CCCCCCCCCCC(SCc1cc(C(C)(C)C)c(O)c(C(C)(C)C)c1)C(=O)O. The van der Waals surface area contributed by atoms with Crippen molar-refractivity contribution in [2.24, 2.45) is 5.92 Å². The van der Waals surface area contributed by atoms with Gasteiger partial charge in [0.1, 0.15) is 11.0 Å². The molecule has 0 heterocycles. The highest BCUT2D eigenvalue weighted by Crippen LogP contribution is 2.40. The lowest BCUT2D eigenvalue weighted by Crippen LogP contribution is -2.19. The Kier molecular flexibility index (Phi) is 13.1. The van der Waals surface area contributed by atoms with E-state index in [1.807, 2.05) is 0 Å². The Bertz CT molecular complexity index is 705. The molecule has 0 spiro atoms. The van der Waals surface area contributed by atoms with Gasteiger partial charge in [0.15, 0.2) is 0 Å². The number of aromatic hydroxyl groups is 1. The summed E-state index contributed by atoms with van der Waals surface area (Å²) in [6.07, 6.45) is 12.0. The molecule has 0 aliphatic rings. The smallest absolute Gasteiger partial charge is 0.316 e. The van der Waals surface area contributed by atoms with Crippen molar-refractivity contribution in [3.05, 3.63) is 28.8 Å². The predicted molar refractivity (Wildman–Crippen MR) is 149 cm³/mol. The molecule has 34 heavy (non-hydrogen) atoms. The van der Waals surface area contributed by atoms with Crippen molar-refractivity contribution in [1.29, 1.82) is 0 Å². The molecule has 0 aliphatic heterocycles. The largest absolute Gasteiger partial charge is 0.507 e. The summed E-state index contributed by atoms with van der Waals surface area (Å²) < 4.78 is 0. The van der Waals surface area contributed by atoms with Crippen LogP contribution in [0.3, 0.4) is 0 Å². The van der Waals surface area contributed by atoms with Gasteiger partial charge in [0.05, 0.1) is 0 Å². The van der Waals surface area contributed by atoms with E-state index in [1.54, 1.807) is 0 Å². The van der Waals surface area contributed by atoms with Crippen LogP contribution in [0.4, 0.5) is 0 Å². The van der Waals surface area contributed by atoms with Crippen molar-refractivity contribution in [3.63, 3.8) is 0 Å². The van der Waals surface area contributed by atoms with Crippen molar-refractivity contribution >= 4 is 17.7 Å². The van der Waals surface area contributed by atoms with E-state index < -0.39 is 5.97 Å². The number of thioether (sulfide) groups is 1. The topological polar surface area (TPSA) is 57.5 Å². The molecule has 0 saturated heterocycles. The molecule has 0 radical (unpaired) electrons. The van der Waals surface area contributed by atoms with Gasteiger partial charge in [-0.1, -0.05) is 125 Å². The molecule has 0 aromatic heterocycles. The summed E-state index contributed by atoms with van der Waals surface area (Å²) in [7, 11) is 0. The van der Waals surface area contributed by atoms with E-state index in [9.17, 15) is 15.0 Å². The minimum Gasteiger partial charge on any atom is -0.507 e. The monoisotopic (exact) mass is 492 g/mol. The minimum atomic E-state index is -0.707. The minimum absolute atomic E-state index is 0.175. The first kappa shape index (κ1) is 30.9. The van der Waals surface area contributed by atoms with Crippen LogP contribution in [0.1, 0.15) is 136 Å². The van der Waals surface area contributed by atoms with Crippen molar-refractivity contribution in [2.75, 3.05) is 0 Å². The summed E-state index contributed by atoms with van der Waals surface area (Å²) in [6, 6.07) is 4.13. The highest BCUT2D eigenvalue weighted by molar-refractivity contribution is 7.99. The van der Waals surface area contributed by atoms with Gasteiger partial charge in [0, 0.05) is 5.75 Å². The summed E-state index contributed by atoms with van der Waals surface area (Å²) in [5.41, 5.74) is 2.62. The van der Waals surface area contributed by atoms with E-state index in [4.69, 9.17) is 0 Å². The first-order valence-electron chi connectivity index (χ1n) is 13.4. The molecule has 4 heteroatoms. The fraction of sp³-hybridized carbons (Fsp3) is 0.767. The maximum Gasteiger partial charge on any atom is 0.316 e. The Morgan fingerprint density at radius 1 is 0.794 bits per heavy atom. The average Bonchev–Trinajstić information content (AvgIpc) is 2.70. The molecule has 0 fully saturated rings. The summed E-state index contributed by atoms with van der Waals surface area (Å²) in [5, 5.41) is 20.3. The van der Waals surface area contributed by atoms with Gasteiger partial charge in [-0.2, -0.15) is 0 Å². The first-order chi connectivity index (χ1) is 15.7. The molecule has 1 aromatic rings. The lowest BCUT2D eigenvalue weighted by Gasteiger charge is -2.28. The molecule has 1 unspecified atom stereocenters. The fourth-order valence-electron chi connectivity index (χ4n) is 4.34. The van der Waals surface area contributed by atoms with E-state index in [2.05, 4.69) is 67.5 Å². The van der Waals surface area contributed by atoms with Gasteiger partial charge in [-0.15, -0.1) is 11.8 Å². The number of carbonyl (C=O) groups is 1. The van der Waals surface area contributed by atoms with E-state index >= 15 is 0 Å². The summed E-state index contributed by atoms with van der Waals surface area (Å²) in [6.45, 7) is 17.2. The quantitative estimate of drug-likeness (QED) is 0.240. The molecule has 0 aliphatic carbocycles. The summed E-state index contributed by atoms with van der Waals surface area (Å²) in [4.78, 5) is 11.9. The number of benzene rings is 1. The van der Waals surface area contributed by atoms with Gasteiger partial charge in [0.25, 0.3) is 0 Å². The molecule has 1 aromatic carbocycles. The first-order valence-corrected chi connectivity index (χ1v) is 14.5. The Balaban J connectivity index is 2.56. The standard InChI is InChI=1S/C30H52O3S/c1-22(2)17-15-13-11-9-10-12-14-16-18-26(28(32)33)34-21-23-19-24(29(3,4)5)27(31)25(20-23)30(6,7)8/h19-20,22,26,31H,9-18,21H2,1-8H3,(H,32,33). The van der Waals surface area contributed by atoms with Crippen LogP contribution in [0.2, 0.25) is 0 Å². The van der Waals surface area contributed by atoms with Gasteiger partial charge in [-0.25, -0.2) is 0 Å². The molecule has 0 bridgehead atoms. The second-order valence-corrected chi connectivity index (χ2v) is 13.7. The third kappa shape index (κ3) is 11.5. The number of hydrogen-bond acceptors (Lipinski definition) is 3. The molecular formula is C30H52O3S. The van der Waals surface area contributed by atoms with E-state index in [0.29, 0.717) is 11.5 Å². The van der Waals surface area contributed by atoms with Crippen molar-refractivity contribution in [3.8, 4) is 5.75 Å². The van der Waals surface area contributed by atoms with Crippen LogP contribution in [0.25, 0.3) is 0 Å². The molecule has 0 amide bonds. The third-order valence-corrected chi connectivity index (χ3v) is 7.85. The molecule has 1 rings (SSSR count). The molecule has 3 nitrogen and oxygen atoms in total. The summed E-state index contributed by atoms with van der Waals surface area (Å²) in [5.74, 6) is 1.14. The molecule has 2 N–H and O–H groups in total. The Hall–Kier alpha value is -1.16. The van der Waals surface area contributed by atoms with E-state index in [-0.39, 0.29) is 16.1 Å². The van der Waals surface area contributed by atoms with E-state index in [0.717, 1.165) is 41.9 Å². The lowest BCUT2D eigenvalue weighted by molar-refractivity contribution is -0.136. The fourth-order valence-corrected chi connectivity index (χ4v) is 5.38. The van der Waals surface area contributed by atoms with Gasteiger partial charge >= 0.3 is 5.97 Å². The van der Waals surface area contributed by atoms with E-state index in [1.165, 1.54) is 56.7 Å². The number of carboxylic acid groups (broad SMARTS) is 1. The number of unbranched alkanes of at least 4 members (excludes halogenated alkanes) is 7.